The normalized spacial score (nSPS) is 10.1. The molecule has 0 radical (unpaired) electrons. The zero-order valence-electron chi connectivity index (χ0n) is 11.5. The van der Waals surface area contributed by atoms with E-state index >= 15 is 0 Å². The average Bonchev–Trinajstić information content (AvgIpc) is 2.46. The number of aromatic nitrogens is 2. The summed E-state index contributed by atoms with van der Waals surface area (Å²) >= 11 is 0. The van der Waals surface area contributed by atoms with Gasteiger partial charge in [-0.2, -0.15) is 0 Å². The van der Waals surface area contributed by atoms with Gasteiger partial charge in [-0.1, -0.05) is 0 Å². The molecule has 5 nitrogen and oxygen atoms in total. The highest BCUT2D eigenvalue weighted by Crippen LogP contribution is 2.32. The molecule has 5 heteroatoms. The molecule has 0 saturated heterocycles. The molecule has 1 aromatic carbocycles. The van der Waals surface area contributed by atoms with Crippen molar-refractivity contribution in [3.8, 4) is 22.8 Å². The SMILES string of the molecule is COc1ccc(OC)c(-c2cc(N(C)C)ncn2)c1. The summed E-state index contributed by atoms with van der Waals surface area (Å²) in [7, 11) is 7.15. The maximum Gasteiger partial charge on any atom is 0.132 e. The molecule has 0 spiro atoms. The van der Waals surface area contributed by atoms with E-state index in [1.165, 1.54) is 0 Å². The Morgan fingerprint density at radius 2 is 1.79 bits per heavy atom. The molecule has 0 aliphatic carbocycles. The van der Waals surface area contributed by atoms with E-state index in [1.54, 1.807) is 20.5 Å². The summed E-state index contributed by atoms with van der Waals surface area (Å²) in [5.74, 6) is 2.36. The summed E-state index contributed by atoms with van der Waals surface area (Å²) in [6.45, 7) is 0. The molecular weight excluding hydrogens is 242 g/mol. The summed E-state index contributed by atoms with van der Waals surface area (Å²) in [6.07, 6.45) is 1.55. The van der Waals surface area contributed by atoms with E-state index in [0.717, 1.165) is 28.6 Å². The number of methoxy groups -OCH3 is 2. The third kappa shape index (κ3) is 2.76. The average molecular weight is 259 g/mol. The number of nitrogens with zero attached hydrogens (tertiary/aromatic N) is 3. The largest absolute Gasteiger partial charge is 0.497 e. The third-order valence-corrected chi connectivity index (χ3v) is 2.79. The summed E-state index contributed by atoms with van der Waals surface area (Å²) in [5.41, 5.74) is 1.68. The fourth-order valence-electron chi connectivity index (χ4n) is 1.75. The summed E-state index contributed by atoms with van der Waals surface area (Å²) in [5, 5.41) is 0. The molecule has 0 aliphatic rings. The van der Waals surface area contributed by atoms with Crippen molar-refractivity contribution in [3.63, 3.8) is 0 Å². The van der Waals surface area contributed by atoms with Gasteiger partial charge in [0.05, 0.1) is 19.9 Å². The minimum absolute atomic E-state index is 0.754. The Hall–Kier alpha value is -2.30. The standard InChI is InChI=1S/C14H17N3O2/c1-17(2)14-8-12(15-9-16-14)11-7-10(18-3)5-6-13(11)19-4/h5-9H,1-4H3. The summed E-state index contributed by atoms with van der Waals surface area (Å²) in [4.78, 5) is 10.4. The van der Waals surface area contributed by atoms with Crippen molar-refractivity contribution < 1.29 is 9.47 Å². The van der Waals surface area contributed by atoms with Gasteiger partial charge >= 0.3 is 0 Å². The predicted molar refractivity (Wildman–Crippen MR) is 74.9 cm³/mol. The van der Waals surface area contributed by atoms with Crippen LogP contribution in [0.5, 0.6) is 11.5 Å². The number of hydrogen-bond acceptors (Lipinski definition) is 5. The number of rotatable bonds is 4. The van der Waals surface area contributed by atoms with Crippen molar-refractivity contribution in [1.29, 1.82) is 0 Å². The monoisotopic (exact) mass is 259 g/mol. The Morgan fingerprint density at radius 1 is 1.00 bits per heavy atom. The minimum atomic E-state index is 0.754. The second kappa shape index (κ2) is 5.56. The molecule has 0 unspecified atom stereocenters. The van der Waals surface area contributed by atoms with Gasteiger partial charge in [0.25, 0.3) is 0 Å². The Labute approximate surface area is 112 Å². The molecule has 100 valence electrons. The molecule has 2 rings (SSSR count). The van der Waals surface area contributed by atoms with Crippen LogP contribution in [-0.4, -0.2) is 38.3 Å². The summed E-state index contributed by atoms with van der Waals surface area (Å²) < 4.78 is 10.6. The van der Waals surface area contributed by atoms with E-state index in [9.17, 15) is 0 Å². The van der Waals surface area contributed by atoms with Gasteiger partial charge in [0, 0.05) is 25.7 Å². The van der Waals surface area contributed by atoms with Gasteiger partial charge in [-0.25, -0.2) is 9.97 Å². The zero-order valence-corrected chi connectivity index (χ0v) is 11.5. The number of anilines is 1. The lowest BCUT2D eigenvalue weighted by atomic mass is 10.1. The van der Waals surface area contributed by atoms with E-state index < -0.39 is 0 Å². The molecule has 1 aromatic heterocycles. The van der Waals surface area contributed by atoms with Gasteiger partial charge in [-0.3, -0.25) is 0 Å². The van der Waals surface area contributed by atoms with E-state index in [2.05, 4.69) is 9.97 Å². The van der Waals surface area contributed by atoms with Crippen LogP contribution in [0, 0.1) is 0 Å². The number of benzene rings is 1. The van der Waals surface area contributed by atoms with Crippen LogP contribution in [0.25, 0.3) is 11.3 Å². The lowest BCUT2D eigenvalue weighted by molar-refractivity contribution is 0.404. The molecule has 0 N–H and O–H groups in total. The van der Waals surface area contributed by atoms with Crippen LogP contribution in [-0.2, 0) is 0 Å². The second-order valence-corrected chi connectivity index (χ2v) is 4.22. The maximum atomic E-state index is 5.37. The van der Waals surface area contributed by atoms with Crippen molar-refractivity contribution in [1.82, 2.24) is 9.97 Å². The van der Waals surface area contributed by atoms with Crippen molar-refractivity contribution in [2.24, 2.45) is 0 Å². The maximum absolute atomic E-state index is 5.37. The van der Waals surface area contributed by atoms with Gasteiger partial charge in [-0.05, 0) is 18.2 Å². The van der Waals surface area contributed by atoms with Crippen LogP contribution >= 0.6 is 0 Å². The lowest BCUT2D eigenvalue weighted by Gasteiger charge is -2.13. The molecule has 0 bridgehead atoms. The molecule has 0 aliphatic heterocycles. The topological polar surface area (TPSA) is 47.5 Å². The van der Waals surface area contributed by atoms with E-state index in [-0.39, 0.29) is 0 Å². The van der Waals surface area contributed by atoms with Crippen LogP contribution in [0.3, 0.4) is 0 Å². The van der Waals surface area contributed by atoms with E-state index in [1.807, 2.05) is 43.3 Å². The Kier molecular flexibility index (Phi) is 3.85. The molecule has 0 atom stereocenters. The second-order valence-electron chi connectivity index (χ2n) is 4.22. The Balaban J connectivity index is 2.53. The smallest absolute Gasteiger partial charge is 0.132 e. The molecule has 1 heterocycles. The van der Waals surface area contributed by atoms with Crippen molar-refractivity contribution >= 4 is 5.82 Å². The number of ether oxygens (including phenoxy) is 2. The van der Waals surface area contributed by atoms with E-state index in [4.69, 9.17) is 9.47 Å². The van der Waals surface area contributed by atoms with Gasteiger partial charge < -0.3 is 14.4 Å². The van der Waals surface area contributed by atoms with Crippen LogP contribution in [0.2, 0.25) is 0 Å². The predicted octanol–water partition coefficient (Wildman–Crippen LogP) is 2.23. The van der Waals surface area contributed by atoms with E-state index in [0.29, 0.717) is 0 Å². The van der Waals surface area contributed by atoms with Crippen molar-refractivity contribution in [2.75, 3.05) is 33.2 Å². The van der Waals surface area contributed by atoms with Crippen LogP contribution in [0.1, 0.15) is 0 Å². The first-order chi connectivity index (χ1) is 9.15. The number of hydrogen-bond donors (Lipinski definition) is 0. The molecule has 0 saturated carbocycles. The van der Waals surface area contributed by atoms with Crippen molar-refractivity contribution in [3.05, 3.63) is 30.6 Å². The first-order valence-electron chi connectivity index (χ1n) is 5.87. The highest BCUT2D eigenvalue weighted by molar-refractivity contribution is 5.70. The van der Waals surface area contributed by atoms with Crippen LogP contribution in [0.4, 0.5) is 5.82 Å². The first kappa shape index (κ1) is 13.1. The van der Waals surface area contributed by atoms with Gasteiger partial charge in [-0.15, -0.1) is 0 Å². The van der Waals surface area contributed by atoms with Crippen LogP contribution < -0.4 is 14.4 Å². The van der Waals surface area contributed by atoms with Gasteiger partial charge in [0.2, 0.25) is 0 Å². The lowest BCUT2D eigenvalue weighted by Crippen LogP contribution is -2.10. The quantitative estimate of drug-likeness (QED) is 0.842. The Bertz CT molecular complexity index is 570. The molecular formula is C14H17N3O2. The summed E-state index contributed by atoms with van der Waals surface area (Å²) in [6, 6.07) is 7.54. The highest BCUT2D eigenvalue weighted by atomic mass is 16.5. The van der Waals surface area contributed by atoms with Crippen molar-refractivity contribution in [2.45, 2.75) is 0 Å². The highest BCUT2D eigenvalue weighted by Gasteiger charge is 2.10. The molecule has 0 fully saturated rings. The molecule has 19 heavy (non-hydrogen) atoms. The first-order valence-corrected chi connectivity index (χ1v) is 5.87. The zero-order chi connectivity index (χ0) is 13.8. The Morgan fingerprint density at radius 3 is 2.42 bits per heavy atom. The minimum Gasteiger partial charge on any atom is -0.497 e. The fraction of sp³-hybridized carbons (Fsp3) is 0.286. The molecule has 0 amide bonds. The van der Waals surface area contributed by atoms with Gasteiger partial charge in [0.15, 0.2) is 0 Å². The van der Waals surface area contributed by atoms with Crippen LogP contribution in [0.15, 0.2) is 30.6 Å². The molecule has 2 aromatic rings. The fourth-order valence-corrected chi connectivity index (χ4v) is 1.75. The van der Waals surface area contributed by atoms with Gasteiger partial charge in [0.1, 0.15) is 23.6 Å². The third-order valence-electron chi connectivity index (χ3n) is 2.79.